The van der Waals surface area contributed by atoms with Gasteiger partial charge in [0.15, 0.2) is 6.61 Å². The van der Waals surface area contributed by atoms with Gasteiger partial charge >= 0.3 is 0 Å². The fraction of sp³-hybridized carbons (Fsp3) is 0.200. The highest BCUT2D eigenvalue weighted by Crippen LogP contribution is 2.52. The molecule has 4 nitrogen and oxygen atoms in total. The van der Waals surface area contributed by atoms with E-state index in [2.05, 4.69) is 19.9 Å². The van der Waals surface area contributed by atoms with Crippen LogP contribution in [0.4, 0.5) is 5.69 Å². The largest absolute Gasteiger partial charge is 0.497 e. The Morgan fingerprint density at radius 1 is 1.00 bits per heavy atom. The van der Waals surface area contributed by atoms with Gasteiger partial charge in [-0.15, -0.1) is 0 Å². The normalized spacial score (nSPS) is 14.0. The Hall–Kier alpha value is -2.74. The van der Waals surface area contributed by atoms with Gasteiger partial charge in [-0.05, 0) is 55.0 Å². The maximum atomic E-state index is 13.5. The molecule has 1 aromatic heterocycles. The molecule has 0 fully saturated rings. The average Bonchev–Trinajstić information content (AvgIpc) is 3.20. The van der Waals surface area contributed by atoms with Crippen LogP contribution in [0.5, 0.6) is 11.5 Å². The van der Waals surface area contributed by atoms with Crippen LogP contribution in [0.1, 0.15) is 18.7 Å². The Balaban J connectivity index is 1.50. The van der Waals surface area contributed by atoms with E-state index >= 15 is 0 Å². The molecule has 0 atom stereocenters. The molecule has 1 amide bonds. The Morgan fingerprint density at radius 3 is 2.53 bits per heavy atom. The summed E-state index contributed by atoms with van der Waals surface area (Å²) in [5.74, 6) is 1.30. The quantitative estimate of drug-likeness (QED) is 0.233. The number of rotatable bonds is 4. The third-order valence-electron chi connectivity index (χ3n) is 5.79. The molecule has 1 aliphatic heterocycles. The zero-order chi connectivity index (χ0) is 22.5. The number of nitrogens with zero attached hydrogens (tertiary/aromatic N) is 1. The van der Waals surface area contributed by atoms with E-state index in [1.165, 1.54) is 0 Å². The van der Waals surface area contributed by atoms with Crippen molar-refractivity contribution in [2.45, 2.75) is 19.4 Å². The molecule has 4 aromatic rings. The number of anilines is 1. The summed E-state index contributed by atoms with van der Waals surface area (Å²) >= 11 is 5.65. The number of benzene rings is 3. The lowest BCUT2D eigenvalue weighted by molar-refractivity contribution is -0.121. The maximum absolute atomic E-state index is 13.5. The predicted molar refractivity (Wildman–Crippen MR) is 135 cm³/mol. The van der Waals surface area contributed by atoms with Crippen molar-refractivity contribution in [1.82, 2.24) is 0 Å². The molecular formula is C25H21NO3S3. The first kappa shape index (κ1) is 21.1. The van der Waals surface area contributed by atoms with Crippen molar-refractivity contribution < 1.29 is 14.3 Å². The van der Waals surface area contributed by atoms with Gasteiger partial charge < -0.3 is 9.47 Å². The van der Waals surface area contributed by atoms with Crippen LogP contribution < -0.4 is 14.4 Å². The highest BCUT2D eigenvalue weighted by Gasteiger charge is 2.43. The van der Waals surface area contributed by atoms with Crippen LogP contribution >= 0.6 is 32.9 Å². The molecule has 0 spiro atoms. The molecule has 0 N–H and O–H groups in total. The van der Waals surface area contributed by atoms with Crippen molar-refractivity contribution in [2.24, 2.45) is 0 Å². The first-order valence-corrected chi connectivity index (χ1v) is 12.7. The number of hydrogen-bond donors (Lipinski definition) is 0. The van der Waals surface area contributed by atoms with Crippen molar-refractivity contribution in [3.05, 3.63) is 69.4 Å². The van der Waals surface area contributed by atoms with Gasteiger partial charge in [-0.3, -0.25) is 9.69 Å². The third kappa shape index (κ3) is 3.41. The van der Waals surface area contributed by atoms with Crippen molar-refractivity contribution >= 4 is 55.3 Å². The van der Waals surface area contributed by atoms with E-state index in [-0.39, 0.29) is 12.5 Å². The van der Waals surface area contributed by atoms with E-state index in [4.69, 9.17) is 21.7 Å². The summed E-state index contributed by atoms with van der Waals surface area (Å²) in [7, 11) is 4.85. The van der Waals surface area contributed by atoms with E-state index < -0.39 is 5.54 Å². The van der Waals surface area contributed by atoms with Gasteiger partial charge in [0.05, 0.1) is 23.2 Å². The summed E-state index contributed by atoms with van der Waals surface area (Å²) in [6, 6.07) is 19.7. The van der Waals surface area contributed by atoms with E-state index in [0.717, 1.165) is 42.0 Å². The van der Waals surface area contributed by atoms with E-state index in [1.807, 2.05) is 59.5 Å². The maximum Gasteiger partial charge on any atom is 0.265 e. The van der Waals surface area contributed by atoms with Gasteiger partial charge in [0.25, 0.3) is 5.91 Å². The van der Waals surface area contributed by atoms with Crippen molar-refractivity contribution in [3.63, 3.8) is 0 Å². The van der Waals surface area contributed by atoms with Crippen LogP contribution in [0.3, 0.4) is 0 Å². The summed E-state index contributed by atoms with van der Waals surface area (Å²) in [5.41, 5.74) is 2.25. The molecule has 5 rings (SSSR count). The van der Waals surface area contributed by atoms with Gasteiger partial charge in [0.1, 0.15) is 15.3 Å². The standard InChI is InChI=1S/C25H21NO3S3/c1-25(2)23-22(24(30)32-31-23)19-13-17(28-3)10-11-20(19)26(25)21(27)14-29-18-9-8-15-6-4-5-7-16(15)12-18/h4-13H,14H2,1-3H3. The highest BCUT2D eigenvalue weighted by molar-refractivity contribution is 7.80. The second-order valence-electron chi connectivity index (χ2n) is 8.13. The van der Waals surface area contributed by atoms with E-state index in [1.54, 1.807) is 27.8 Å². The second-order valence-corrected chi connectivity index (χ2v) is 10.9. The van der Waals surface area contributed by atoms with E-state index in [9.17, 15) is 4.79 Å². The molecule has 0 saturated carbocycles. The van der Waals surface area contributed by atoms with Crippen LogP contribution in [-0.4, -0.2) is 19.6 Å². The molecule has 162 valence electrons. The topological polar surface area (TPSA) is 38.8 Å². The first-order valence-electron chi connectivity index (χ1n) is 10.2. The molecule has 0 aliphatic carbocycles. The van der Waals surface area contributed by atoms with Crippen LogP contribution in [0.2, 0.25) is 0 Å². The third-order valence-corrected chi connectivity index (χ3v) is 9.12. The number of fused-ring (bicyclic) bond motifs is 4. The van der Waals surface area contributed by atoms with Gasteiger partial charge in [-0.1, -0.05) is 63.2 Å². The molecule has 0 saturated heterocycles. The summed E-state index contributed by atoms with van der Waals surface area (Å²) in [4.78, 5) is 16.5. The monoisotopic (exact) mass is 479 g/mol. The summed E-state index contributed by atoms with van der Waals surface area (Å²) in [5, 5.41) is 2.22. The fourth-order valence-electron chi connectivity index (χ4n) is 4.25. The molecule has 7 heteroatoms. The van der Waals surface area contributed by atoms with Gasteiger partial charge in [-0.25, -0.2) is 0 Å². The number of carbonyl (C=O) groups is 1. The number of hydrogen-bond acceptors (Lipinski definition) is 6. The number of carbonyl (C=O) groups excluding carboxylic acids is 1. The van der Waals surface area contributed by atoms with E-state index in [0.29, 0.717) is 5.75 Å². The van der Waals surface area contributed by atoms with Crippen molar-refractivity contribution in [3.8, 4) is 22.6 Å². The zero-order valence-corrected chi connectivity index (χ0v) is 20.3. The summed E-state index contributed by atoms with van der Waals surface area (Å²) in [6.07, 6.45) is 0. The Labute approximate surface area is 199 Å². The summed E-state index contributed by atoms with van der Waals surface area (Å²) in [6.45, 7) is 4.06. The fourth-order valence-corrected chi connectivity index (χ4v) is 7.53. The minimum atomic E-state index is -0.543. The zero-order valence-electron chi connectivity index (χ0n) is 17.9. The molecule has 0 radical (unpaired) electrons. The van der Waals surface area contributed by atoms with Gasteiger partial charge in [0, 0.05) is 11.1 Å². The number of ether oxygens (including phenoxy) is 2. The lowest BCUT2D eigenvalue weighted by Gasteiger charge is -2.42. The Kier molecular flexibility index (Phi) is 5.28. The van der Waals surface area contributed by atoms with Gasteiger partial charge in [0.2, 0.25) is 0 Å². The minimum Gasteiger partial charge on any atom is -0.497 e. The van der Waals surface area contributed by atoms with Crippen LogP contribution in [-0.2, 0) is 10.3 Å². The van der Waals surface area contributed by atoms with Gasteiger partial charge in [-0.2, -0.15) is 0 Å². The SMILES string of the molecule is COc1ccc2c(c1)-c1c(ssc1=S)C(C)(C)N2C(=O)COc1ccc2ccccc2c1. The molecule has 2 heterocycles. The first-order chi connectivity index (χ1) is 15.4. The number of methoxy groups -OCH3 is 1. The minimum absolute atomic E-state index is 0.0574. The molecule has 3 aromatic carbocycles. The molecular weight excluding hydrogens is 458 g/mol. The predicted octanol–water partition coefficient (Wildman–Crippen LogP) is 7.03. The average molecular weight is 480 g/mol. The lowest BCUT2D eigenvalue weighted by Crippen LogP contribution is -2.49. The molecule has 1 aliphatic rings. The highest BCUT2D eigenvalue weighted by atomic mass is 32.9. The Bertz CT molecular complexity index is 1400. The van der Waals surface area contributed by atoms with Crippen LogP contribution in [0.15, 0.2) is 60.7 Å². The van der Waals surface area contributed by atoms with Crippen LogP contribution in [0, 0.1) is 3.82 Å². The smallest absolute Gasteiger partial charge is 0.265 e. The summed E-state index contributed by atoms with van der Waals surface area (Å²) < 4.78 is 12.2. The Morgan fingerprint density at radius 2 is 1.75 bits per heavy atom. The molecule has 0 bridgehead atoms. The molecule has 32 heavy (non-hydrogen) atoms. The number of amides is 1. The lowest BCUT2D eigenvalue weighted by atomic mass is 9.87. The van der Waals surface area contributed by atoms with Crippen LogP contribution in [0.25, 0.3) is 21.9 Å². The van der Waals surface area contributed by atoms with Crippen molar-refractivity contribution in [1.29, 1.82) is 0 Å². The second kappa shape index (κ2) is 7.99. The molecule has 0 unspecified atom stereocenters. The van der Waals surface area contributed by atoms with Crippen molar-refractivity contribution in [2.75, 3.05) is 18.6 Å².